The molecular weight excluding hydrogens is 824 g/mol. The summed E-state index contributed by atoms with van der Waals surface area (Å²) >= 11 is 7.35. The summed E-state index contributed by atoms with van der Waals surface area (Å²) in [5, 5.41) is 0. The lowest BCUT2D eigenvalue weighted by atomic mass is 9.89. The number of benzene rings is 7. The minimum atomic E-state index is 0.903. The summed E-state index contributed by atoms with van der Waals surface area (Å²) in [5.41, 5.74) is 19.2. The van der Waals surface area contributed by atoms with E-state index in [1.165, 1.54) is 50.1 Å². The van der Waals surface area contributed by atoms with Crippen LogP contribution in [0.15, 0.2) is 185 Å². The zero-order valence-corrected chi connectivity index (χ0v) is 35.1. The van der Waals surface area contributed by atoms with Crippen molar-refractivity contribution in [1.29, 1.82) is 0 Å². The highest BCUT2D eigenvalue weighted by Gasteiger charge is 2.19. The quantitative estimate of drug-likeness (QED) is 0.143. The van der Waals surface area contributed by atoms with Gasteiger partial charge in [0.1, 0.15) is 0 Å². The summed E-state index contributed by atoms with van der Waals surface area (Å²) in [6.07, 6.45) is 11.1. The van der Waals surface area contributed by atoms with Gasteiger partial charge >= 0.3 is 0 Å². The second kappa shape index (κ2) is 16.1. The average molecular weight is 867 g/mol. The molecule has 9 rings (SSSR count). The molecule has 0 saturated heterocycles. The molecule has 0 unspecified atom stereocenters. The Morgan fingerprint density at radius 3 is 1.60 bits per heavy atom. The summed E-state index contributed by atoms with van der Waals surface area (Å²) in [4.78, 5) is 4.71. The van der Waals surface area contributed by atoms with Crippen LogP contribution < -0.4 is 9.80 Å². The van der Waals surface area contributed by atoms with Crippen LogP contribution in [-0.4, -0.2) is 0 Å². The Balaban J connectivity index is 1.14. The van der Waals surface area contributed by atoms with E-state index in [2.05, 4.69) is 231 Å². The average Bonchev–Trinajstić information content (AvgIpc) is 3.25. The lowest BCUT2D eigenvalue weighted by Crippen LogP contribution is -2.13. The molecule has 278 valence electrons. The van der Waals surface area contributed by atoms with Gasteiger partial charge in [0.15, 0.2) is 0 Å². The fourth-order valence-electron chi connectivity index (χ4n) is 8.14. The number of fused-ring (bicyclic) bond motifs is 2. The molecule has 0 aliphatic heterocycles. The highest BCUT2D eigenvalue weighted by molar-refractivity contribution is 9.10. The van der Waals surface area contributed by atoms with Crippen molar-refractivity contribution >= 4 is 83.7 Å². The molecule has 0 radical (unpaired) electrons. The van der Waals surface area contributed by atoms with E-state index < -0.39 is 0 Å². The first kappa shape index (κ1) is 36.9. The summed E-state index contributed by atoms with van der Waals surface area (Å²) in [5.74, 6) is 0. The first-order valence-electron chi connectivity index (χ1n) is 19.6. The lowest BCUT2D eigenvalue weighted by Gasteiger charge is -2.30. The molecule has 0 atom stereocenters. The molecule has 7 aromatic rings. The van der Waals surface area contributed by atoms with Crippen molar-refractivity contribution < 1.29 is 0 Å². The largest absolute Gasteiger partial charge is 0.310 e. The van der Waals surface area contributed by atoms with Crippen molar-refractivity contribution in [2.45, 2.75) is 32.6 Å². The second-order valence-corrected chi connectivity index (χ2v) is 16.7. The molecule has 2 aliphatic rings. The Labute approximate surface area is 353 Å². The van der Waals surface area contributed by atoms with E-state index in [0.717, 1.165) is 74.3 Å². The van der Waals surface area contributed by atoms with E-state index in [1.807, 2.05) is 0 Å². The molecule has 0 bridgehead atoms. The zero-order valence-electron chi connectivity index (χ0n) is 31.9. The normalized spacial score (nSPS) is 13.1. The molecule has 2 nitrogen and oxygen atoms in total. The van der Waals surface area contributed by atoms with Gasteiger partial charge in [-0.05, 0) is 179 Å². The number of halogens is 2. The zero-order chi connectivity index (χ0) is 38.9. The SMILES string of the molecule is C=C1CC=Cc2cc(-c3cccc(N(c4ccc(Br)cc4)c4cccc(N(c5ccc(Br)cc5)c5cccc(-c6ccc7c(c6)C=C(CC)CC7)c5)c4)c3)ccc21. The maximum atomic E-state index is 4.30. The van der Waals surface area contributed by atoms with Crippen molar-refractivity contribution in [3.05, 3.63) is 207 Å². The number of allylic oxidation sites excluding steroid dienone is 3. The second-order valence-electron chi connectivity index (χ2n) is 14.8. The van der Waals surface area contributed by atoms with Gasteiger partial charge in [-0.3, -0.25) is 0 Å². The topological polar surface area (TPSA) is 6.48 Å². The molecule has 4 heteroatoms. The molecule has 0 N–H and O–H groups in total. The van der Waals surface area contributed by atoms with Crippen molar-refractivity contribution in [3.63, 3.8) is 0 Å². The smallest absolute Gasteiger partial charge is 0.0482 e. The lowest BCUT2D eigenvalue weighted by molar-refractivity contribution is 0.876. The van der Waals surface area contributed by atoms with E-state index >= 15 is 0 Å². The Hall–Kier alpha value is -5.68. The van der Waals surface area contributed by atoms with Crippen LogP contribution in [0, 0.1) is 0 Å². The molecule has 0 heterocycles. The number of hydrogen-bond donors (Lipinski definition) is 0. The predicted octanol–water partition coefficient (Wildman–Crippen LogP) is 16.7. The fraction of sp³-hybridized carbons (Fsp3) is 0.0943. The summed E-state index contributed by atoms with van der Waals surface area (Å²) in [6.45, 7) is 6.56. The maximum Gasteiger partial charge on any atom is 0.0482 e. The third-order valence-electron chi connectivity index (χ3n) is 11.2. The monoisotopic (exact) mass is 864 g/mol. The first-order valence-corrected chi connectivity index (χ1v) is 21.2. The van der Waals surface area contributed by atoms with Crippen molar-refractivity contribution in [2.75, 3.05) is 9.80 Å². The van der Waals surface area contributed by atoms with Gasteiger partial charge in [-0.25, -0.2) is 0 Å². The molecule has 57 heavy (non-hydrogen) atoms. The highest BCUT2D eigenvalue weighted by Crippen LogP contribution is 2.43. The van der Waals surface area contributed by atoms with E-state index in [4.69, 9.17) is 0 Å². The van der Waals surface area contributed by atoms with Crippen LogP contribution in [-0.2, 0) is 6.42 Å². The Morgan fingerprint density at radius 2 is 1.02 bits per heavy atom. The molecule has 2 aliphatic carbocycles. The summed E-state index contributed by atoms with van der Waals surface area (Å²) < 4.78 is 2.09. The maximum absolute atomic E-state index is 4.30. The van der Waals surface area contributed by atoms with E-state index in [0.29, 0.717) is 0 Å². The molecule has 7 aromatic carbocycles. The van der Waals surface area contributed by atoms with Crippen LogP contribution in [0.4, 0.5) is 34.1 Å². The van der Waals surface area contributed by atoms with Gasteiger partial charge in [0, 0.05) is 43.1 Å². The third-order valence-corrected chi connectivity index (χ3v) is 12.2. The molecule has 0 fully saturated rings. The van der Waals surface area contributed by atoms with Crippen molar-refractivity contribution in [2.24, 2.45) is 0 Å². The van der Waals surface area contributed by atoms with Crippen LogP contribution in [0.25, 0.3) is 40.0 Å². The van der Waals surface area contributed by atoms with E-state index in [-0.39, 0.29) is 0 Å². The summed E-state index contributed by atoms with van der Waals surface area (Å²) in [6, 6.07) is 57.5. The highest BCUT2D eigenvalue weighted by atomic mass is 79.9. The Morgan fingerprint density at radius 1 is 0.509 bits per heavy atom. The molecule has 0 amide bonds. The van der Waals surface area contributed by atoms with Gasteiger partial charge in [-0.1, -0.05) is 124 Å². The number of hydrogen-bond acceptors (Lipinski definition) is 2. The Kier molecular flexibility index (Phi) is 10.4. The van der Waals surface area contributed by atoms with Crippen LogP contribution in [0.3, 0.4) is 0 Å². The minimum absolute atomic E-state index is 0.903. The number of aryl methyl sites for hydroxylation is 1. The summed E-state index contributed by atoms with van der Waals surface area (Å²) in [7, 11) is 0. The number of anilines is 6. The third kappa shape index (κ3) is 7.73. The van der Waals surface area contributed by atoms with Crippen LogP contribution in [0.5, 0.6) is 0 Å². The first-order chi connectivity index (χ1) is 27.9. The van der Waals surface area contributed by atoms with E-state index in [9.17, 15) is 0 Å². The Bertz CT molecular complexity index is 2690. The van der Waals surface area contributed by atoms with Gasteiger partial charge in [0.05, 0.1) is 0 Å². The van der Waals surface area contributed by atoms with Gasteiger partial charge in [0.2, 0.25) is 0 Å². The van der Waals surface area contributed by atoms with Gasteiger partial charge in [0.25, 0.3) is 0 Å². The van der Waals surface area contributed by atoms with Crippen LogP contribution >= 0.6 is 31.9 Å². The van der Waals surface area contributed by atoms with E-state index in [1.54, 1.807) is 0 Å². The van der Waals surface area contributed by atoms with Gasteiger partial charge in [-0.15, -0.1) is 0 Å². The number of rotatable bonds is 9. The molecule has 0 saturated carbocycles. The predicted molar refractivity (Wildman–Crippen MR) is 251 cm³/mol. The fourth-order valence-corrected chi connectivity index (χ4v) is 8.67. The standard InChI is InChI=1S/C53H42Br2N2/c1-3-37-16-17-38-18-19-41(32-44(38)30-37)39-9-5-12-49(33-39)56(47-25-21-45(54)22-26-47)51-14-7-15-52(35-51)57(48-27-23-46(55)24-28-48)50-13-6-10-40(34-50)42-20-29-53-36(2)8-4-11-43(53)31-42/h4-7,9-15,18-35H,2-3,8,16-17H2,1H3. The van der Waals surface area contributed by atoms with Gasteiger partial charge < -0.3 is 9.80 Å². The van der Waals surface area contributed by atoms with Gasteiger partial charge in [-0.2, -0.15) is 0 Å². The minimum Gasteiger partial charge on any atom is -0.310 e. The molecular formula is C53H42Br2N2. The van der Waals surface area contributed by atoms with Crippen LogP contribution in [0.1, 0.15) is 48.4 Å². The van der Waals surface area contributed by atoms with Crippen molar-refractivity contribution in [1.82, 2.24) is 0 Å². The number of nitrogens with zero attached hydrogens (tertiary/aromatic N) is 2. The molecule has 0 spiro atoms. The molecule has 0 aromatic heterocycles. The van der Waals surface area contributed by atoms with Crippen LogP contribution in [0.2, 0.25) is 0 Å². The van der Waals surface area contributed by atoms with Crippen molar-refractivity contribution in [3.8, 4) is 22.3 Å².